The first-order valence-corrected chi connectivity index (χ1v) is 11.0. The number of piperidine rings is 1. The summed E-state index contributed by atoms with van der Waals surface area (Å²) in [4.78, 5) is 38.9. The summed E-state index contributed by atoms with van der Waals surface area (Å²) in [6, 6.07) is 1.99. The molecule has 0 spiro atoms. The fraction of sp³-hybridized carbons (Fsp3) is 0.650. The van der Waals surface area contributed by atoms with E-state index >= 15 is 0 Å². The molecule has 0 radical (unpaired) electrons. The number of hydrogen-bond acceptors (Lipinski definition) is 4. The monoisotopic (exact) mass is 406 g/mol. The topological polar surface area (TPSA) is 90.5 Å². The highest BCUT2D eigenvalue weighted by molar-refractivity contribution is 7.14. The first-order chi connectivity index (χ1) is 13.4. The Morgan fingerprint density at radius 2 is 2.04 bits per heavy atom. The Morgan fingerprint density at radius 3 is 2.75 bits per heavy atom. The maximum absolute atomic E-state index is 12.5. The minimum absolute atomic E-state index is 0.0453. The van der Waals surface area contributed by atoms with Crippen LogP contribution in [0.3, 0.4) is 0 Å². The quantitative estimate of drug-likeness (QED) is 0.650. The normalized spacial score (nSPS) is 19.4. The van der Waals surface area contributed by atoms with E-state index in [1.807, 2.05) is 10.3 Å². The average Bonchev–Trinajstić information content (AvgIpc) is 3.35. The lowest BCUT2D eigenvalue weighted by molar-refractivity contribution is -0.117. The maximum Gasteiger partial charge on any atom is 0.317 e. The molecular weight excluding hydrogens is 376 g/mol. The van der Waals surface area contributed by atoms with Crippen molar-refractivity contribution in [1.82, 2.24) is 15.5 Å². The molecule has 1 atom stereocenters. The fourth-order valence-corrected chi connectivity index (χ4v) is 4.14. The Labute approximate surface area is 170 Å². The summed E-state index contributed by atoms with van der Waals surface area (Å²) in [5.41, 5.74) is 0.531. The molecule has 2 heterocycles. The molecule has 0 aromatic carbocycles. The van der Waals surface area contributed by atoms with Gasteiger partial charge in [-0.05, 0) is 49.0 Å². The largest absolute Gasteiger partial charge is 0.349 e. The third-order valence-electron chi connectivity index (χ3n) is 5.02. The van der Waals surface area contributed by atoms with Gasteiger partial charge >= 0.3 is 6.03 Å². The van der Waals surface area contributed by atoms with E-state index in [-0.39, 0.29) is 29.8 Å². The molecule has 28 heavy (non-hydrogen) atoms. The van der Waals surface area contributed by atoms with Crippen molar-refractivity contribution in [2.45, 2.75) is 52.0 Å². The molecule has 1 saturated heterocycles. The van der Waals surface area contributed by atoms with Crippen molar-refractivity contribution >= 4 is 34.2 Å². The molecule has 1 aromatic heterocycles. The van der Waals surface area contributed by atoms with Crippen LogP contribution in [0.5, 0.6) is 0 Å². The number of carbonyl (C=O) groups is 3. The molecule has 7 nitrogen and oxygen atoms in total. The van der Waals surface area contributed by atoms with Crippen LogP contribution in [0.25, 0.3) is 0 Å². The predicted molar refractivity (Wildman–Crippen MR) is 111 cm³/mol. The van der Waals surface area contributed by atoms with Crippen molar-refractivity contribution in [3.05, 3.63) is 17.0 Å². The number of nitrogens with one attached hydrogen (secondary N) is 3. The van der Waals surface area contributed by atoms with Gasteiger partial charge in [0, 0.05) is 32.1 Å². The maximum atomic E-state index is 12.5. The summed E-state index contributed by atoms with van der Waals surface area (Å²) >= 11 is 1.36. The zero-order valence-corrected chi connectivity index (χ0v) is 17.4. The Hall–Kier alpha value is -2.09. The lowest BCUT2D eigenvalue weighted by Crippen LogP contribution is -2.46. The summed E-state index contributed by atoms with van der Waals surface area (Å²) in [7, 11) is 0. The number of anilines is 1. The van der Waals surface area contributed by atoms with Crippen LogP contribution < -0.4 is 16.0 Å². The Balaban J connectivity index is 1.48. The smallest absolute Gasteiger partial charge is 0.317 e. The lowest BCUT2D eigenvalue weighted by Gasteiger charge is -2.32. The average molecular weight is 407 g/mol. The number of likely N-dealkylation sites (tertiary alicyclic amines) is 1. The Kier molecular flexibility index (Phi) is 6.93. The van der Waals surface area contributed by atoms with E-state index in [2.05, 4.69) is 29.8 Å². The minimum atomic E-state index is -0.121. The van der Waals surface area contributed by atoms with Gasteiger partial charge in [-0.2, -0.15) is 0 Å². The lowest BCUT2D eigenvalue weighted by atomic mass is 9.94. The fourth-order valence-electron chi connectivity index (χ4n) is 3.33. The first kappa shape index (κ1) is 20.6. The number of carbonyl (C=O) groups excluding carboxylic acids is 3. The Morgan fingerprint density at radius 1 is 1.25 bits per heavy atom. The molecule has 2 aliphatic rings. The molecule has 4 amide bonds. The second kappa shape index (κ2) is 9.41. The van der Waals surface area contributed by atoms with Crippen molar-refractivity contribution < 1.29 is 14.4 Å². The summed E-state index contributed by atoms with van der Waals surface area (Å²) in [5.74, 6) is 0.330. The van der Waals surface area contributed by atoms with Crippen LogP contribution in [-0.4, -0.2) is 48.4 Å². The number of urea groups is 1. The second-order valence-electron chi connectivity index (χ2n) is 8.20. The number of nitrogens with zero attached hydrogens (tertiary/aromatic N) is 1. The standard InChI is InChI=1S/C20H30N4O3S/c1-13(2)11-21-20(27)24-8-3-4-14(12-24)10-17(25)23-19-16(7-9-28-19)18(26)22-15-5-6-15/h7,9,13-15H,3-6,8,10-12H2,1-2H3,(H,21,27)(H,22,26)(H,23,25). The third-order valence-corrected chi connectivity index (χ3v) is 5.85. The van der Waals surface area contributed by atoms with E-state index in [1.54, 1.807) is 6.07 Å². The van der Waals surface area contributed by atoms with Gasteiger partial charge in [0.15, 0.2) is 0 Å². The predicted octanol–water partition coefficient (Wildman–Crippen LogP) is 3.05. The molecule has 1 unspecified atom stereocenters. The molecule has 1 aliphatic carbocycles. The number of hydrogen-bond donors (Lipinski definition) is 3. The van der Waals surface area contributed by atoms with Crippen LogP contribution in [0.15, 0.2) is 11.4 Å². The summed E-state index contributed by atoms with van der Waals surface area (Å²) in [6.45, 7) is 6.11. The van der Waals surface area contributed by atoms with Crippen LogP contribution in [-0.2, 0) is 4.79 Å². The SMILES string of the molecule is CC(C)CNC(=O)N1CCCC(CC(=O)Nc2sccc2C(=O)NC2CC2)C1. The third kappa shape index (κ3) is 5.95. The molecule has 154 valence electrons. The van der Waals surface area contributed by atoms with E-state index in [0.29, 0.717) is 36.0 Å². The van der Waals surface area contributed by atoms with Crippen molar-refractivity contribution in [3.8, 4) is 0 Å². The van der Waals surface area contributed by atoms with Gasteiger partial charge in [0.05, 0.1) is 5.56 Å². The first-order valence-electron chi connectivity index (χ1n) is 10.1. The van der Waals surface area contributed by atoms with Gasteiger partial charge in [-0.15, -0.1) is 11.3 Å². The van der Waals surface area contributed by atoms with Crippen LogP contribution in [0.2, 0.25) is 0 Å². The summed E-state index contributed by atoms with van der Waals surface area (Å²) in [5, 5.41) is 11.2. The molecule has 8 heteroatoms. The van der Waals surface area contributed by atoms with Crippen LogP contribution in [0.1, 0.15) is 56.3 Å². The molecule has 0 bridgehead atoms. The molecule has 1 aromatic rings. The van der Waals surface area contributed by atoms with E-state index in [9.17, 15) is 14.4 Å². The zero-order valence-electron chi connectivity index (χ0n) is 16.6. The highest BCUT2D eigenvalue weighted by atomic mass is 32.1. The highest BCUT2D eigenvalue weighted by Crippen LogP contribution is 2.27. The summed E-state index contributed by atoms with van der Waals surface area (Å²) in [6.07, 6.45) is 4.25. The molecular formula is C20H30N4O3S. The molecule has 1 saturated carbocycles. The van der Waals surface area contributed by atoms with Crippen molar-refractivity contribution in [3.63, 3.8) is 0 Å². The number of rotatable bonds is 7. The summed E-state index contributed by atoms with van der Waals surface area (Å²) < 4.78 is 0. The van der Waals surface area contributed by atoms with Crippen molar-refractivity contribution in [2.75, 3.05) is 25.0 Å². The van der Waals surface area contributed by atoms with Gasteiger partial charge in [0.1, 0.15) is 5.00 Å². The molecule has 2 fully saturated rings. The van der Waals surface area contributed by atoms with Crippen LogP contribution in [0.4, 0.5) is 9.80 Å². The molecule has 3 N–H and O–H groups in total. The van der Waals surface area contributed by atoms with Gasteiger partial charge in [0.2, 0.25) is 5.91 Å². The van der Waals surface area contributed by atoms with Gasteiger partial charge < -0.3 is 20.9 Å². The van der Waals surface area contributed by atoms with Crippen LogP contribution >= 0.6 is 11.3 Å². The van der Waals surface area contributed by atoms with E-state index in [1.165, 1.54) is 11.3 Å². The van der Waals surface area contributed by atoms with Gasteiger partial charge in [-0.25, -0.2) is 4.79 Å². The van der Waals surface area contributed by atoms with E-state index < -0.39 is 0 Å². The zero-order chi connectivity index (χ0) is 20.1. The minimum Gasteiger partial charge on any atom is -0.349 e. The molecule has 1 aliphatic heterocycles. The van der Waals surface area contributed by atoms with Gasteiger partial charge in [-0.3, -0.25) is 9.59 Å². The van der Waals surface area contributed by atoms with Crippen molar-refractivity contribution in [1.29, 1.82) is 0 Å². The van der Waals surface area contributed by atoms with E-state index in [0.717, 1.165) is 32.2 Å². The number of thiophene rings is 1. The number of amides is 4. The Bertz CT molecular complexity index is 714. The van der Waals surface area contributed by atoms with E-state index in [4.69, 9.17) is 0 Å². The molecule has 3 rings (SSSR count). The highest BCUT2D eigenvalue weighted by Gasteiger charge is 2.27. The second-order valence-corrected chi connectivity index (χ2v) is 9.11. The van der Waals surface area contributed by atoms with Crippen LogP contribution in [0, 0.1) is 11.8 Å². The van der Waals surface area contributed by atoms with Gasteiger partial charge in [0.25, 0.3) is 5.91 Å². The van der Waals surface area contributed by atoms with Gasteiger partial charge in [-0.1, -0.05) is 13.8 Å². The van der Waals surface area contributed by atoms with Crippen molar-refractivity contribution in [2.24, 2.45) is 11.8 Å².